The molecular formula is C16H15NO2. The van der Waals surface area contributed by atoms with Gasteiger partial charge in [0.1, 0.15) is 0 Å². The molecule has 2 bridgehead atoms. The summed E-state index contributed by atoms with van der Waals surface area (Å²) in [5.41, 5.74) is 5.32. The lowest BCUT2D eigenvalue weighted by Gasteiger charge is -2.21. The van der Waals surface area contributed by atoms with Crippen molar-refractivity contribution in [3.05, 3.63) is 58.9 Å². The maximum absolute atomic E-state index is 11.8. The second-order valence-electron chi connectivity index (χ2n) is 5.38. The second kappa shape index (κ2) is 3.73. The zero-order valence-electron chi connectivity index (χ0n) is 10.8. The van der Waals surface area contributed by atoms with E-state index in [1.54, 1.807) is 4.57 Å². The van der Waals surface area contributed by atoms with Gasteiger partial charge in [-0.2, -0.15) is 0 Å². The van der Waals surface area contributed by atoms with E-state index in [0.717, 1.165) is 12.1 Å². The fourth-order valence-corrected chi connectivity index (χ4v) is 3.74. The van der Waals surface area contributed by atoms with Crippen LogP contribution in [0.25, 0.3) is 0 Å². The highest BCUT2D eigenvalue weighted by atomic mass is 16.5. The van der Waals surface area contributed by atoms with Gasteiger partial charge in [-0.3, -0.25) is 4.57 Å². The van der Waals surface area contributed by atoms with E-state index < -0.39 is 0 Å². The molecule has 2 atom stereocenters. The Morgan fingerprint density at radius 2 is 2.00 bits per heavy atom. The summed E-state index contributed by atoms with van der Waals surface area (Å²) < 4.78 is 6.52. The molecule has 0 fully saturated rings. The van der Waals surface area contributed by atoms with Crippen LogP contribution in [0.5, 0.6) is 0 Å². The van der Waals surface area contributed by atoms with E-state index in [1.807, 2.05) is 6.20 Å². The number of nitrogens with zero attached hydrogens (tertiary/aromatic N) is 1. The summed E-state index contributed by atoms with van der Waals surface area (Å²) >= 11 is 0. The monoisotopic (exact) mass is 253 g/mol. The Balaban J connectivity index is 1.87. The van der Waals surface area contributed by atoms with Gasteiger partial charge in [-0.1, -0.05) is 24.3 Å². The van der Waals surface area contributed by atoms with Gasteiger partial charge in [0.2, 0.25) is 0 Å². The minimum Gasteiger partial charge on any atom is -0.452 e. The summed E-state index contributed by atoms with van der Waals surface area (Å²) in [4.78, 5) is 11.8. The van der Waals surface area contributed by atoms with Crippen molar-refractivity contribution < 1.29 is 9.53 Å². The number of ether oxygens (including phenoxy) is 1. The van der Waals surface area contributed by atoms with Gasteiger partial charge in [0.15, 0.2) is 0 Å². The van der Waals surface area contributed by atoms with Crippen molar-refractivity contribution in [3.8, 4) is 0 Å². The van der Waals surface area contributed by atoms with Crippen LogP contribution in [-0.2, 0) is 11.2 Å². The molecule has 96 valence electrons. The molecule has 3 heteroatoms. The van der Waals surface area contributed by atoms with Crippen LogP contribution >= 0.6 is 0 Å². The highest BCUT2D eigenvalue weighted by molar-refractivity contribution is 5.72. The normalized spacial score (nSPS) is 22.8. The van der Waals surface area contributed by atoms with Crippen molar-refractivity contribution in [2.75, 3.05) is 7.11 Å². The molecule has 1 aromatic heterocycles. The lowest BCUT2D eigenvalue weighted by Crippen LogP contribution is -2.18. The van der Waals surface area contributed by atoms with Gasteiger partial charge in [-0.25, -0.2) is 4.79 Å². The molecule has 0 spiro atoms. The van der Waals surface area contributed by atoms with Crippen molar-refractivity contribution in [2.45, 2.75) is 24.7 Å². The average Bonchev–Trinajstić information content (AvgIpc) is 3.01. The SMILES string of the molecule is COC(=O)n1ccc2c1C[C@H]1C[C@@H]2c2ccccc21. The summed E-state index contributed by atoms with van der Waals surface area (Å²) in [6.07, 6.45) is 3.68. The van der Waals surface area contributed by atoms with E-state index in [4.69, 9.17) is 4.74 Å². The zero-order chi connectivity index (χ0) is 13.0. The molecule has 2 aliphatic carbocycles. The predicted octanol–water partition coefficient (Wildman–Crippen LogP) is 3.28. The first kappa shape index (κ1) is 10.9. The van der Waals surface area contributed by atoms with Crippen LogP contribution in [0, 0.1) is 0 Å². The van der Waals surface area contributed by atoms with Crippen molar-refractivity contribution in [1.82, 2.24) is 4.57 Å². The molecule has 1 aromatic carbocycles. The lowest BCUT2D eigenvalue weighted by molar-refractivity contribution is 0.172. The summed E-state index contributed by atoms with van der Waals surface area (Å²) in [6, 6.07) is 10.8. The highest BCUT2D eigenvalue weighted by Gasteiger charge is 2.39. The van der Waals surface area contributed by atoms with Gasteiger partial charge in [0, 0.05) is 17.8 Å². The molecule has 1 heterocycles. The predicted molar refractivity (Wildman–Crippen MR) is 71.6 cm³/mol. The van der Waals surface area contributed by atoms with E-state index >= 15 is 0 Å². The Hall–Kier alpha value is -2.03. The Morgan fingerprint density at radius 3 is 2.79 bits per heavy atom. The number of hydrogen-bond donors (Lipinski definition) is 0. The minimum absolute atomic E-state index is 0.286. The summed E-state index contributed by atoms with van der Waals surface area (Å²) in [5.74, 6) is 1.00. The first-order valence-electron chi connectivity index (χ1n) is 6.67. The number of rotatable bonds is 0. The fraction of sp³-hybridized carbons (Fsp3) is 0.312. The largest absolute Gasteiger partial charge is 0.452 e. The number of benzene rings is 1. The summed E-state index contributed by atoms with van der Waals surface area (Å²) in [5, 5.41) is 0. The Kier molecular flexibility index (Phi) is 2.13. The number of methoxy groups -OCH3 is 1. The first-order chi connectivity index (χ1) is 9.29. The molecule has 0 radical (unpaired) electrons. The van der Waals surface area contributed by atoms with Crippen molar-refractivity contribution in [2.24, 2.45) is 0 Å². The Morgan fingerprint density at radius 1 is 1.21 bits per heavy atom. The van der Waals surface area contributed by atoms with Crippen LogP contribution in [0.2, 0.25) is 0 Å². The standard InChI is InChI=1S/C16H15NO2/c1-19-16(18)17-7-6-13-14-8-10(9-15(13)17)11-4-2-3-5-12(11)14/h2-7,10,14H,8-9H2,1H3/t10-,14-/m1/s1. The van der Waals surface area contributed by atoms with E-state index in [1.165, 1.54) is 30.2 Å². The third-order valence-electron chi connectivity index (χ3n) is 4.55. The van der Waals surface area contributed by atoms with E-state index in [-0.39, 0.29) is 6.09 Å². The summed E-state index contributed by atoms with van der Waals surface area (Å²) in [6.45, 7) is 0. The van der Waals surface area contributed by atoms with Crippen LogP contribution in [0.1, 0.15) is 40.6 Å². The molecule has 0 saturated heterocycles. The molecule has 0 aliphatic heterocycles. The zero-order valence-corrected chi connectivity index (χ0v) is 10.8. The number of hydrogen-bond acceptors (Lipinski definition) is 2. The summed E-state index contributed by atoms with van der Waals surface area (Å²) in [7, 11) is 1.43. The number of aromatic nitrogens is 1. The van der Waals surface area contributed by atoms with E-state index in [9.17, 15) is 4.79 Å². The quantitative estimate of drug-likeness (QED) is 0.721. The fourth-order valence-electron chi connectivity index (χ4n) is 3.74. The van der Waals surface area contributed by atoms with Gasteiger partial charge in [-0.15, -0.1) is 0 Å². The highest BCUT2D eigenvalue weighted by Crippen LogP contribution is 2.51. The van der Waals surface area contributed by atoms with Gasteiger partial charge >= 0.3 is 6.09 Å². The minimum atomic E-state index is -0.286. The smallest absolute Gasteiger partial charge is 0.417 e. The van der Waals surface area contributed by atoms with E-state index in [2.05, 4.69) is 30.3 Å². The van der Waals surface area contributed by atoms with E-state index in [0.29, 0.717) is 11.8 Å². The van der Waals surface area contributed by atoms with Crippen molar-refractivity contribution in [1.29, 1.82) is 0 Å². The van der Waals surface area contributed by atoms with Crippen LogP contribution in [0.3, 0.4) is 0 Å². The number of carbonyl (C=O) groups is 1. The first-order valence-corrected chi connectivity index (χ1v) is 6.67. The lowest BCUT2D eigenvalue weighted by atomic mass is 9.85. The van der Waals surface area contributed by atoms with Crippen molar-refractivity contribution in [3.63, 3.8) is 0 Å². The molecule has 3 nitrogen and oxygen atoms in total. The Bertz CT molecular complexity index is 671. The number of fused-ring (bicyclic) bond motifs is 7. The molecule has 0 saturated carbocycles. The van der Waals surface area contributed by atoms with Crippen LogP contribution in [0.4, 0.5) is 4.79 Å². The molecule has 4 rings (SSSR count). The molecule has 2 aliphatic rings. The van der Waals surface area contributed by atoms with Gasteiger partial charge in [-0.05, 0) is 41.5 Å². The maximum Gasteiger partial charge on any atom is 0.417 e. The van der Waals surface area contributed by atoms with Gasteiger partial charge in [0.25, 0.3) is 0 Å². The third-order valence-corrected chi connectivity index (χ3v) is 4.55. The number of carbonyl (C=O) groups excluding carboxylic acids is 1. The van der Waals surface area contributed by atoms with Crippen LogP contribution < -0.4 is 0 Å². The molecule has 2 aromatic rings. The van der Waals surface area contributed by atoms with Crippen LogP contribution in [-0.4, -0.2) is 17.8 Å². The average molecular weight is 253 g/mol. The van der Waals surface area contributed by atoms with Gasteiger partial charge < -0.3 is 4.74 Å². The molecule has 0 amide bonds. The second-order valence-corrected chi connectivity index (χ2v) is 5.38. The third kappa shape index (κ3) is 1.35. The van der Waals surface area contributed by atoms with Gasteiger partial charge in [0.05, 0.1) is 7.11 Å². The molecular weight excluding hydrogens is 238 g/mol. The molecule has 0 N–H and O–H groups in total. The maximum atomic E-state index is 11.8. The Labute approximate surface area is 111 Å². The molecule has 0 unspecified atom stereocenters. The van der Waals surface area contributed by atoms with Crippen LogP contribution in [0.15, 0.2) is 36.5 Å². The molecule has 19 heavy (non-hydrogen) atoms. The topological polar surface area (TPSA) is 31.2 Å². The van der Waals surface area contributed by atoms with Crippen molar-refractivity contribution >= 4 is 6.09 Å².